The standard InChI is InChI=1S/C25H23Br2N3O4S/c1-2-12-34-23-19(26)13-17(14-20(23)27)15-21-24(32)30(25(33)35-21)16-22(31)29-10-8-28(9-11-29)18-6-4-3-5-7-18/h2-7,13-15H,1,8-12,16H2/b21-15-. The molecular weight excluding hydrogens is 598 g/mol. The smallest absolute Gasteiger partial charge is 0.294 e. The number of nitrogens with zero attached hydrogens (tertiary/aromatic N) is 3. The zero-order chi connectivity index (χ0) is 24.9. The molecule has 2 aromatic rings. The van der Waals surface area contributed by atoms with Crippen molar-refractivity contribution >= 4 is 72.4 Å². The van der Waals surface area contributed by atoms with Gasteiger partial charge in [0.15, 0.2) is 0 Å². The van der Waals surface area contributed by atoms with Crippen molar-refractivity contribution in [1.82, 2.24) is 9.80 Å². The largest absolute Gasteiger partial charge is 0.487 e. The third-order valence-corrected chi connectivity index (χ3v) is 7.67. The third kappa shape index (κ3) is 5.99. The molecule has 0 aliphatic carbocycles. The number of thioether (sulfide) groups is 1. The molecule has 2 heterocycles. The zero-order valence-corrected chi connectivity index (χ0v) is 22.8. The maximum Gasteiger partial charge on any atom is 0.294 e. The molecule has 2 aromatic carbocycles. The number of ether oxygens (including phenoxy) is 1. The second-order valence-electron chi connectivity index (χ2n) is 7.88. The Bertz CT molecular complexity index is 1160. The number of amides is 3. The first-order chi connectivity index (χ1) is 16.9. The van der Waals surface area contributed by atoms with Crippen molar-refractivity contribution in [2.45, 2.75) is 0 Å². The first-order valence-corrected chi connectivity index (χ1v) is 13.3. The predicted octanol–water partition coefficient (Wildman–Crippen LogP) is 5.16. The molecule has 0 unspecified atom stereocenters. The van der Waals surface area contributed by atoms with Gasteiger partial charge in [-0.15, -0.1) is 0 Å². The Kier molecular flexibility index (Phi) is 8.35. The Labute approximate surface area is 225 Å². The molecule has 0 saturated carbocycles. The minimum Gasteiger partial charge on any atom is -0.487 e. The van der Waals surface area contributed by atoms with Crippen LogP contribution in [0.1, 0.15) is 5.56 Å². The van der Waals surface area contributed by atoms with E-state index in [1.54, 1.807) is 29.2 Å². The molecule has 0 atom stereocenters. The number of hydrogen-bond donors (Lipinski definition) is 0. The Morgan fingerprint density at radius 1 is 1.06 bits per heavy atom. The van der Waals surface area contributed by atoms with Gasteiger partial charge in [-0.25, -0.2) is 0 Å². The van der Waals surface area contributed by atoms with Crippen molar-refractivity contribution in [2.24, 2.45) is 0 Å². The van der Waals surface area contributed by atoms with Gasteiger partial charge in [0, 0.05) is 31.9 Å². The molecule has 3 amide bonds. The molecule has 10 heteroatoms. The highest BCUT2D eigenvalue weighted by atomic mass is 79.9. The maximum atomic E-state index is 12.9. The summed E-state index contributed by atoms with van der Waals surface area (Å²) >= 11 is 7.78. The lowest BCUT2D eigenvalue weighted by molar-refractivity contribution is -0.136. The zero-order valence-electron chi connectivity index (χ0n) is 18.8. The van der Waals surface area contributed by atoms with Gasteiger partial charge in [0.05, 0.1) is 13.9 Å². The molecule has 0 radical (unpaired) electrons. The van der Waals surface area contributed by atoms with E-state index in [0.717, 1.165) is 22.3 Å². The van der Waals surface area contributed by atoms with E-state index >= 15 is 0 Å². The van der Waals surface area contributed by atoms with Crippen LogP contribution in [-0.2, 0) is 9.59 Å². The van der Waals surface area contributed by atoms with Crippen LogP contribution in [0.3, 0.4) is 0 Å². The predicted molar refractivity (Wildman–Crippen MR) is 145 cm³/mol. The van der Waals surface area contributed by atoms with E-state index in [9.17, 15) is 14.4 Å². The van der Waals surface area contributed by atoms with E-state index in [0.29, 0.717) is 53.0 Å². The second kappa shape index (κ2) is 11.5. The molecule has 182 valence electrons. The van der Waals surface area contributed by atoms with Crippen LogP contribution in [0, 0.1) is 0 Å². The van der Waals surface area contributed by atoms with Crippen molar-refractivity contribution in [3.8, 4) is 5.75 Å². The minimum absolute atomic E-state index is 0.226. The summed E-state index contributed by atoms with van der Waals surface area (Å²) in [6.45, 7) is 6.23. The van der Waals surface area contributed by atoms with Crippen molar-refractivity contribution in [3.05, 3.63) is 74.5 Å². The van der Waals surface area contributed by atoms with E-state index in [4.69, 9.17) is 4.74 Å². The number of carbonyl (C=O) groups is 3. The van der Waals surface area contributed by atoms with Gasteiger partial charge in [0.2, 0.25) is 5.91 Å². The average molecular weight is 621 g/mol. The van der Waals surface area contributed by atoms with E-state index < -0.39 is 11.1 Å². The molecule has 7 nitrogen and oxygen atoms in total. The number of halogens is 2. The highest BCUT2D eigenvalue weighted by Gasteiger charge is 2.37. The lowest BCUT2D eigenvalue weighted by atomic mass is 10.2. The highest BCUT2D eigenvalue weighted by Crippen LogP contribution is 2.37. The Hall–Kier alpha value is -2.56. The SMILES string of the molecule is C=CCOc1c(Br)cc(/C=C2\SC(=O)N(CC(=O)N3CCN(c4ccccc4)CC3)C2=O)cc1Br. The molecule has 2 aliphatic heterocycles. The van der Waals surface area contributed by atoms with Crippen LogP contribution in [0.4, 0.5) is 10.5 Å². The lowest BCUT2D eigenvalue weighted by Crippen LogP contribution is -2.51. The van der Waals surface area contributed by atoms with Crippen molar-refractivity contribution in [2.75, 3.05) is 44.2 Å². The number of hydrogen-bond acceptors (Lipinski definition) is 6. The summed E-state index contributed by atoms with van der Waals surface area (Å²) < 4.78 is 7.01. The molecule has 0 spiro atoms. The van der Waals surface area contributed by atoms with Crippen LogP contribution in [0.2, 0.25) is 0 Å². The summed E-state index contributed by atoms with van der Waals surface area (Å²) in [5.41, 5.74) is 1.83. The van der Waals surface area contributed by atoms with E-state index in [2.05, 4.69) is 43.3 Å². The van der Waals surface area contributed by atoms with Crippen LogP contribution in [-0.4, -0.2) is 66.2 Å². The van der Waals surface area contributed by atoms with Crippen LogP contribution in [0.15, 0.2) is 69.0 Å². The number of para-hydroxylation sites is 1. The fourth-order valence-electron chi connectivity index (χ4n) is 3.82. The molecule has 2 fully saturated rings. The highest BCUT2D eigenvalue weighted by molar-refractivity contribution is 9.11. The minimum atomic E-state index is -0.462. The normalized spacial score (nSPS) is 17.3. The third-order valence-electron chi connectivity index (χ3n) is 5.58. The van der Waals surface area contributed by atoms with E-state index in [1.165, 1.54) is 0 Å². The number of rotatable bonds is 7. The second-order valence-corrected chi connectivity index (χ2v) is 10.6. The fourth-order valence-corrected chi connectivity index (χ4v) is 6.11. The molecular formula is C25H23Br2N3O4S. The average Bonchev–Trinajstić information content (AvgIpc) is 3.11. The summed E-state index contributed by atoms with van der Waals surface area (Å²) in [6, 6.07) is 13.6. The monoisotopic (exact) mass is 619 g/mol. The summed E-state index contributed by atoms with van der Waals surface area (Å²) in [5, 5.41) is -0.443. The lowest BCUT2D eigenvalue weighted by Gasteiger charge is -2.36. The first-order valence-electron chi connectivity index (χ1n) is 10.9. The van der Waals surface area contributed by atoms with Gasteiger partial charge >= 0.3 is 0 Å². The molecule has 2 aliphatic rings. The summed E-state index contributed by atoms with van der Waals surface area (Å²) in [5.74, 6) is -0.0703. The summed E-state index contributed by atoms with van der Waals surface area (Å²) in [4.78, 5) is 43.6. The van der Waals surface area contributed by atoms with Gasteiger partial charge in [-0.2, -0.15) is 0 Å². The number of carbonyl (C=O) groups excluding carboxylic acids is 3. The quantitative estimate of drug-likeness (QED) is 0.315. The molecule has 0 bridgehead atoms. The fraction of sp³-hybridized carbons (Fsp3) is 0.240. The Morgan fingerprint density at radius 2 is 1.71 bits per heavy atom. The van der Waals surface area contributed by atoms with Crippen molar-refractivity contribution in [1.29, 1.82) is 0 Å². The summed E-state index contributed by atoms with van der Waals surface area (Å²) in [7, 11) is 0. The van der Waals surface area contributed by atoms with Crippen LogP contribution < -0.4 is 9.64 Å². The van der Waals surface area contributed by atoms with Gasteiger partial charge < -0.3 is 14.5 Å². The number of piperazine rings is 1. The van der Waals surface area contributed by atoms with Gasteiger partial charge in [-0.3, -0.25) is 19.3 Å². The van der Waals surface area contributed by atoms with Crippen molar-refractivity contribution in [3.63, 3.8) is 0 Å². The molecule has 35 heavy (non-hydrogen) atoms. The molecule has 4 rings (SSSR count). The Morgan fingerprint density at radius 3 is 2.34 bits per heavy atom. The van der Waals surface area contributed by atoms with E-state index in [-0.39, 0.29) is 17.4 Å². The van der Waals surface area contributed by atoms with Gasteiger partial charge in [0.1, 0.15) is 18.9 Å². The van der Waals surface area contributed by atoms with Crippen LogP contribution in [0.25, 0.3) is 6.08 Å². The number of imide groups is 1. The molecule has 0 aromatic heterocycles. The van der Waals surface area contributed by atoms with Gasteiger partial charge in [-0.1, -0.05) is 30.9 Å². The van der Waals surface area contributed by atoms with Gasteiger partial charge in [-0.05, 0) is 79.5 Å². The topological polar surface area (TPSA) is 70.2 Å². The van der Waals surface area contributed by atoms with E-state index in [1.807, 2.05) is 30.3 Å². The molecule has 0 N–H and O–H groups in total. The van der Waals surface area contributed by atoms with Crippen LogP contribution >= 0.6 is 43.6 Å². The summed E-state index contributed by atoms with van der Waals surface area (Å²) in [6.07, 6.45) is 3.29. The number of anilines is 1. The molecule has 2 saturated heterocycles. The number of benzene rings is 2. The maximum absolute atomic E-state index is 12.9. The van der Waals surface area contributed by atoms with Crippen molar-refractivity contribution < 1.29 is 19.1 Å². The first kappa shape index (κ1) is 25.5. The van der Waals surface area contributed by atoms with Crippen LogP contribution in [0.5, 0.6) is 5.75 Å². The Balaban J connectivity index is 1.39. The van der Waals surface area contributed by atoms with Gasteiger partial charge in [0.25, 0.3) is 11.1 Å².